The summed E-state index contributed by atoms with van der Waals surface area (Å²) in [4.78, 5) is 16.6. The van der Waals surface area contributed by atoms with Crippen LogP contribution in [0.2, 0.25) is 0 Å². The molecular formula is C19H15FN2O2S. The SMILES string of the molecule is O=C(Cc1ccccc1F)Nc1nc(-c2ccc3c(c2)CCO3)cs1. The highest BCUT2D eigenvalue weighted by atomic mass is 32.1. The van der Waals surface area contributed by atoms with Gasteiger partial charge < -0.3 is 10.1 Å². The van der Waals surface area contributed by atoms with Gasteiger partial charge in [0.25, 0.3) is 0 Å². The van der Waals surface area contributed by atoms with Crippen molar-refractivity contribution < 1.29 is 13.9 Å². The first kappa shape index (κ1) is 15.8. The van der Waals surface area contributed by atoms with Crippen LogP contribution in [0.15, 0.2) is 47.8 Å². The first-order valence-corrected chi connectivity index (χ1v) is 8.82. The van der Waals surface area contributed by atoms with Crippen LogP contribution < -0.4 is 10.1 Å². The Kier molecular flexibility index (Phi) is 4.19. The number of hydrogen-bond donors (Lipinski definition) is 1. The zero-order chi connectivity index (χ0) is 17.2. The molecule has 2 heterocycles. The van der Waals surface area contributed by atoms with Crippen LogP contribution in [0.4, 0.5) is 9.52 Å². The van der Waals surface area contributed by atoms with Crippen molar-refractivity contribution in [2.75, 3.05) is 11.9 Å². The summed E-state index contributed by atoms with van der Waals surface area (Å²) < 4.78 is 19.1. The van der Waals surface area contributed by atoms with Crippen LogP contribution in [0, 0.1) is 5.82 Å². The summed E-state index contributed by atoms with van der Waals surface area (Å²) in [5, 5.41) is 5.14. The molecule has 0 saturated carbocycles. The Labute approximate surface area is 148 Å². The number of ether oxygens (including phenoxy) is 1. The summed E-state index contributed by atoms with van der Waals surface area (Å²) in [5.41, 5.74) is 3.35. The Balaban J connectivity index is 1.46. The van der Waals surface area contributed by atoms with E-state index >= 15 is 0 Å². The Morgan fingerprint density at radius 1 is 1.28 bits per heavy atom. The summed E-state index contributed by atoms with van der Waals surface area (Å²) in [6.07, 6.45) is 0.886. The van der Waals surface area contributed by atoms with Gasteiger partial charge in [-0.1, -0.05) is 18.2 Å². The standard InChI is InChI=1S/C19H15FN2O2S/c20-15-4-2-1-3-12(15)10-18(23)22-19-21-16(11-25-19)13-5-6-17-14(9-13)7-8-24-17/h1-6,9,11H,7-8,10H2,(H,21,22,23). The number of hydrogen-bond acceptors (Lipinski definition) is 4. The molecule has 1 aromatic heterocycles. The number of amides is 1. The van der Waals surface area contributed by atoms with Gasteiger partial charge in [0.2, 0.25) is 5.91 Å². The summed E-state index contributed by atoms with van der Waals surface area (Å²) in [5.74, 6) is 0.267. The molecule has 25 heavy (non-hydrogen) atoms. The Hall–Kier alpha value is -2.73. The van der Waals surface area contributed by atoms with Crippen molar-refractivity contribution in [2.45, 2.75) is 12.8 Å². The first-order valence-electron chi connectivity index (χ1n) is 7.94. The monoisotopic (exact) mass is 354 g/mol. The highest BCUT2D eigenvalue weighted by Gasteiger charge is 2.15. The van der Waals surface area contributed by atoms with Crippen molar-refractivity contribution in [1.29, 1.82) is 0 Å². The molecule has 0 radical (unpaired) electrons. The van der Waals surface area contributed by atoms with E-state index in [2.05, 4.69) is 16.4 Å². The molecule has 0 bridgehead atoms. The smallest absolute Gasteiger partial charge is 0.230 e. The molecule has 4 rings (SSSR count). The van der Waals surface area contributed by atoms with Gasteiger partial charge in [-0.15, -0.1) is 11.3 Å². The molecule has 2 aromatic carbocycles. The van der Waals surface area contributed by atoms with Gasteiger partial charge in [-0.25, -0.2) is 9.37 Å². The second-order valence-electron chi connectivity index (χ2n) is 5.78. The number of anilines is 1. The van der Waals surface area contributed by atoms with E-state index in [1.54, 1.807) is 18.2 Å². The Morgan fingerprint density at radius 3 is 3.04 bits per heavy atom. The van der Waals surface area contributed by atoms with Gasteiger partial charge in [0.05, 0.1) is 18.7 Å². The highest BCUT2D eigenvalue weighted by Crippen LogP contribution is 2.31. The van der Waals surface area contributed by atoms with Crippen molar-refractivity contribution in [3.8, 4) is 17.0 Å². The lowest BCUT2D eigenvalue weighted by molar-refractivity contribution is -0.115. The quantitative estimate of drug-likeness (QED) is 0.768. The number of carbonyl (C=O) groups is 1. The van der Waals surface area contributed by atoms with Crippen molar-refractivity contribution in [3.63, 3.8) is 0 Å². The third kappa shape index (κ3) is 3.39. The Bertz CT molecular complexity index is 939. The number of carbonyl (C=O) groups excluding carboxylic acids is 1. The maximum Gasteiger partial charge on any atom is 0.230 e. The van der Waals surface area contributed by atoms with Crippen molar-refractivity contribution in [3.05, 3.63) is 64.8 Å². The van der Waals surface area contributed by atoms with E-state index in [1.807, 2.05) is 17.5 Å². The molecule has 6 heteroatoms. The van der Waals surface area contributed by atoms with Crippen LogP contribution in [0.5, 0.6) is 5.75 Å². The summed E-state index contributed by atoms with van der Waals surface area (Å²) in [6, 6.07) is 12.3. The molecule has 4 nitrogen and oxygen atoms in total. The van der Waals surface area contributed by atoms with E-state index in [-0.39, 0.29) is 18.1 Å². The minimum absolute atomic E-state index is 0.0161. The largest absolute Gasteiger partial charge is 0.493 e. The molecule has 1 amide bonds. The fourth-order valence-corrected chi connectivity index (χ4v) is 3.52. The van der Waals surface area contributed by atoms with Crippen molar-refractivity contribution in [1.82, 2.24) is 4.98 Å². The topological polar surface area (TPSA) is 51.2 Å². The van der Waals surface area contributed by atoms with Crippen molar-refractivity contribution in [2.24, 2.45) is 0 Å². The maximum atomic E-state index is 13.6. The lowest BCUT2D eigenvalue weighted by Crippen LogP contribution is -2.15. The number of nitrogens with zero attached hydrogens (tertiary/aromatic N) is 1. The number of aromatic nitrogens is 1. The fraction of sp³-hybridized carbons (Fsp3) is 0.158. The zero-order valence-corrected chi connectivity index (χ0v) is 14.1. The molecule has 0 atom stereocenters. The number of rotatable bonds is 4. The number of fused-ring (bicyclic) bond motifs is 1. The van der Waals surface area contributed by atoms with Gasteiger partial charge in [0, 0.05) is 17.4 Å². The van der Waals surface area contributed by atoms with E-state index in [1.165, 1.54) is 23.0 Å². The normalized spacial score (nSPS) is 12.5. The second kappa shape index (κ2) is 6.64. The van der Waals surface area contributed by atoms with Crippen LogP contribution in [0.3, 0.4) is 0 Å². The van der Waals surface area contributed by atoms with Gasteiger partial charge in [0.1, 0.15) is 11.6 Å². The minimum atomic E-state index is -0.377. The number of benzene rings is 2. The highest BCUT2D eigenvalue weighted by molar-refractivity contribution is 7.14. The van der Waals surface area contributed by atoms with Gasteiger partial charge in [0.15, 0.2) is 5.13 Å². The third-order valence-corrected chi connectivity index (χ3v) is 4.80. The summed E-state index contributed by atoms with van der Waals surface area (Å²) in [7, 11) is 0. The predicted molar refractivity (Wildman–Crippen MR) is 95.5 cm³/mol. The van der Waals surface area contributed by atoms with Gasteiger partial charge in [-0.05, 0) is 35.4 Å². The van der Waals surface area contributed by atoms with Crippen LogP contribution in [0.25, 0.3) is 11.3 Å². The van der Waals surface area contributed by atoms with E-state index in [0.29, 0.717) is 17.3 Å². The molecule has 1 aliphatic rings. The van der Waals surface area contributed by atoms with Crippen LogP contribution in [-0.4, -0.2) is 17.5 Å². The summed E-state index contributed by atoms with van der Waals surface area (Å²) in [6.45, 7) is 0.715. The van der Waals surface area contributed by atoms with E-state index in [9.17, 15) is 9.18 Å². The van der Waals surface area contributed by atoms with Gasteiger partial charge in [-0.2, -0.15) is 0 Å². The molecule has 0 unspecified atom stereocenters. The van der Waals surface area contributed by atoms with Crippen LogP contribution in [-0.2, 0) is 17.6 Å². The lowest BCUT2D eigenvalue weighted by atomic mass is 10.1. The zero-order valence-electron chi connectivity index (χ0n) is 13.3. The second-order valence-corrected chi connectivity index (χ2v) is 6.63. The first-order chi connectivity index (χ1) is 12.2. The average Bonchev–Trinajstić information content (AvgIpc) is 3.25. The van der Waals surface area contributed by atoms with E-state index in [4.69, 9.17) is 4.74 Å². The molecule has 0 fully saturated rings. The van der Waals surface area contributed by atoms with Crippen LogP contribution in [0.1, 0.15) is 11.1 Å². The fourth-order valence-electron chi connectivity index (χ4n) is 2.79. The van der Waals surface area contributed by atoms with E-state index in [0.717, 1.165) is 23.4 Å². The molecule has 0 saturated heterocycles. The van der Waals surface area contributed by atoms with Gasteiger partial charge in [-0.3, -0.25) is 4.79 Å². The van der Waals surface area contributed by atoms with E-state index < -0.39 is 0 Å². The average molecular weight is 354 g/mol. The molecule has 3 aromatic rings. The number of nitrogens with one attached hydrogen (secondary N) is 1. The minimum Gasteiger partial charge on any atom is -0.493 e. The molecule has 1 aliphatic heterocycles. The molecule has 1 N–H and O–H groups in total. The number of thiazole rings is 1. The molecule has 126 valence electrons. The Morgan fingerprint density at radius 2 is 2.16 bits per heavy atom. The van der Waals surface area contributed by atoms with Crippen molar-refractivity contribution >= 4 is 22.4 Å². The summed E-state index contributed by atoms with van der Waals surface area (Å²) >= 11 is 1.35. The molecule has 0 spiro atoms. The molecular weight excluding hydrogens is 339 g/mol. The third-order valence-electron chi connectivity index (χ3n) is 4.04. The predicted octanol–water partition coefficient (Wildman–Crippen LogP) is 4.07. The number of halogens is 1. The lowest BCUT2D eigenvalue weighted by Gasteiger charge is -2.03. The maximum absolute atomic E-state index is 13.6. The van der Waals surface area contributed by atoms with Crippen LogP contribution >= 0.6 is 11.3 Å². The van der Waals surface area contributed by atoms with Gasteiger partial charge >= 0.3 is 0 Å². The molecule has 0 aliphatic carbocycles.